The van der Waals surface area contributed by atoms with Crippen molar-refractivity contribution in [3.63, 3.8) is 0 Å². The summed E-state index contributed by atoms with van der Waals surface area (Å²) in [6, 6.07) is 0. The van der Waals surface area contributed by atoms with E-state index in [1.54, 1.807) is 6.92 Å². The fraction of sp³-hybridized carbons (Fsp3) is 0.722. The Morgan fingerprint density at radius 1 is 1.00 bits per heavy atom. The summed E-state index contributed by atoms with van der Waals surface area (Å²) in [6.45, 7) is 18.6. The van der Waals surface area contributed by atoms with E-state index in [2.05, 4.69) is 0 Å². The lowest BCUT2D eigenvalue weighted by Crippen LogP contribution is -2.13. The van der Waals surface area contributed by atoms with Crippen LogP contribution >= 0.6 is 0 Å². The molecular weight excluding hydrogens is 289 g/mol. The minimum atomic E-state index is -4.47. The molecule has 0 fully saturated rings. The van der Waals surface area contributed by atoms with Crippen LogP contribution in [0.25, 0.3) is 0 Å². The van der Waals surface area contributed by atoms with E-state index in [1.807, 2.05) is 55.4 Å². The number of rotatable bonds is 4. The van der Waals surface area contributed by atoms with Crippen molar-refractivity contribution in [3.8, 4) is 0 Å². The Bertz CT molecular complexity index is 313. The molecule has 0 aliphatic heterocycles. The van der Waals surface area contributed by atoms with Gasteiger partial charge in [-0.05, 0) is 26.2 Å². The molecule has 0 aromatic rings. The molecule has 0 bridgehead atoms. The average molecular weight is 324 g/mol. The molecule has 0 saturated heterocycles. The molecule has 134 valence electrons. The molecule has 22 heavy (non-hydrogen) atoms. The van der Waals surface area contributed by atoms with Crippen molar-refractivity contribution in [2.75, 3.05) is 0 Å². The van der Waals surface area contributed by atoms with E-state index in [9.17, 15) is 18.0 Å². The van der Waals surface area contributed by atoms with Gasteiger partial charge >= 0.3 is 6.18 Å². The summed E-state index contributed by atoms with van der Waals surface area (Å²) in [6.07, 6.45) is -2.39. The fourth-order valence-corrected chi connectivity index (χ4v) is 1.17. The minimum absolute atomic E-state index is 0.0804. The van der Waals surface area contributed by atoms with Crippen LogP contribution in [0.15, 0.2) is 22.8 Å². The van der Waals surface area contributed by atoms with Crippen molar-refractivity contribution in [2.45, 2.75) is 81.8 Å². The molecule has 0 aromatic heterocycles. The Labute approximate surface area is 135 Å². The van der Waals surface area contributed by atoms with Crippen LogP contribution in [0.5, 0.6) is 0 Å². The van der Waals surface area contributed by atoms with Crippen LogP contribution in [0.3, 0.4) is 0 Å². The molecule has 0 heterocycles. The summed E-state index contributed by atoms with van der Waals surface area (Å²) in [5.41, 5.74) is -0.494. The summed E-state index contributed by atoms with van der Waals surface area (Å²) in [4.78, 5) is 10.4. The maximum Gasteiger partial charge on any atom is 0.416 e. The zero-order valence-corrected chi connectivity index (χ0v) is 16.0. The number of hydrogen-bond acceptors (Lipinski definition) is 1. The van der Waals surface area contributed by atoms with Gasteiger partial charge in [-0.2, -0.15) is 13.2 Å². The Balaban J connectivity index is -0.000000238. The molecule has 0 N–H and O–H groups in total. The van der Waals surface area contributed by atoms with Gasteiger partial charge in [0.25, 0.3) is 0 Å². The lowest BCUT2D eigenvalue weighted by molar-refractivity contribution is -0.107. The third-order valence-electron chi connectivity index (χ3n) is 2.67. The number of aldehydes is 1. The topological polar surface area (TPSA) is 17.1 Å². The molecule has 0 spiro atoms. The first-order valence-corrected chi connectivity index (χ1v) is 8.15. The number of hydrogen-bond donors (Lipinski definition) is 0. The van der Waals surface area contributed by atoms with Crippen molar-refractivity contribution in [1.82, 2.24) is 0 Å². The number of carbonyl (C=O) groups is 1. The van der Waals surface area contributed by atoms with E-state index in [0.29, 0.717) is 5.57 Å². The predicted octanol–water partition coefficient (Wildman–Crippen LogP) is 7.14. The average Bonchev–Trinajstić information content (AvgIpc) is 2.55. The molecule has 1 nitrogen and oxygen atoms in total. The Morgan fingerprint density at radius 3 is 1.59 bits per heavy atom. The van der Waals surface area contributed by atoms with Crippen LogP contribution in [-0.2, 0) is 4.79 Å². The van der Waals surface area contributed by atoms with Crippen LogP contribution < -0.4 is 0 Å². The maximum atomic E-state index is 12.6. The Hall–Kier alpha value is -1.06. The van der Waals surface area contributed by atoms with Crippen molar-refractivity contribution in [3.05, 3.63) is 22.8 Å². The standard InChI is InChI=1S/C12H17F3O.3C2H6/c1-5-8(2)9(3)6-11(10(4)7-16)12(13,14)15;3*1-2/h6-8H,5H2,1-4H3;3*1-2H3/b9-6-,11-10+;;;/t8-;;;/m1.../s1. The molecule has 1 atom stereocenters. The van der Waals surface area contributed by atoms with Gasteiger partial charge in [-0.3, -0.25) is 4.79 Å². The highest BCUT2D eigenvalue weighted by atomic mass is 19.4. The smallest absolute Gasteiger partial charge is 0.298 e. The summed E-state index contributed by atoms with van der Waals surface area (Å²) < 4.78 is 37.9. The maximum absolute atomic E-state index is 12.6. The van der Waals surface area contributed by atoms with Crippen molar-refractivity contribution < 1.29 is 18.0 Å². The molecule has 0 unspecified atom stereocenters. The monoisotopic (exact) mass is 324 g/mol. The summed E-state index contributed by atoms with van der Waals surface area (Å²) >= 11 is 0. The molecular formula is C18H35F3O. The zero-order valence-electron chi connectivity index (χ0n) is 16.0. The second kappa shape index (κ2) is 18.0. The van der Waals surface area contributed by atoms with E-state index in [0.717, 1.165) is 12.5 Å². The van der Waals surface area contributed by atoms with Gasteiger partial charge in [-0.25, -0.2) is 0 Å². The molecule has 4 heteroatoms. The van der Waals surface area contributed by atoms with Crippen molar-refractivity contribution in [2.24, 2.45) is 5.92 Å². The minimum Gasteiger partial charge on any atom is -0.298 e. The quantitative estimate of drug-likeness (QED) is 0.305. The van der Waals surface area contributed by atoms with Crippen molar-refractivity contribution in [1.29, 1.82) is 0 Å². The number of allylic oxidation sites excluding steroid dienone is 4. The van der Waals surface area contributed by atoms with E-state index in [4.69, 9.17) is 0 Å². The van der Waals surface area contributed by atoms with Gasteiger partial charge in [0.2, 0.25) is 0 Å². The number of carbonyl (C=O) groups excluding carboxylic acids is 1. The van der Waals surface area contributed by atoms with E-state index in [1.165, 1.54) is 6.92 Å². The first kappa shape index (κ1) is 29.0. The highest BCUT2D eigenvalue weighted by Crippen LogP contribution is 2.31. The first-order chi connectivity index (χ1) is 10.2. The summed E-state index contributed by atoms with van der Waals surface area (Å²) in [5, 5.41) is 0. The van der Waals surface area contributed by atoms with Gasteiger partial charge in [0.15, 0.2) is 0 Å². The predicted molar refractivity (Wildman–Crippen MR) is 92.1 cm³/mol. The Morgan fingerprint density at radius 2 is 1.36 bits per heavy atom. The molecule has 0 aromatic carbocycles. The largest absolute Gasteiger partial charge is 0.416 e. The third kappa shape index (κ3) is 13.9. The lowest BCUT2D eigenvalue weighted by Gasteiger charge is -2.14. The normalized spacial score (nSPS) is 13.0. The van der Waals surface area contributed by atoms with E-state index in [-0.39, 0.29) is 17.8 Å². The molecule has 0 radical (unpaired) electrons. The van der Waals surface area contributed by atoms with Gasteiger partial charge in [0.1, 0.15) is 6.29 Å². The Kier molecular flexibility index (Phi) is 23.7. The van der Waals surface area contributed by atoms with Crippen LogP contribution in [-0.4, -0.2) is 12.5 Å². The van der Waals surface area contributed by atoms with Gasteiger partial charge in [0, 0.05) is 5.57 Å². The van der Waals surface area contributed by atoms with Crippen molar-refractivity contribution >= 4 is 6.29 Å². The van der Waals surface area contributed by atoms with Gasteiger partial charge in [0.05, 0.1) is 5.57 Å². The van der Waals surface area contributed by atoms with E-state index >= 15 is 0 Å². The first-order valence-electron chi connectivity index (χ1n) is 8.15. The number of alkyl halides is 3. The summed E-state index contributed by atoms with van der Waals surface area (Å²) in [5.74, 6) is 0.0804. The highest BCUT2D eigenvalue weighted by molar-refractivity contribution is 5.75. The van der Waals surface area contributed by atoms with Crippen LogP contribution in [0.1, 0.15) is 75.7 Å². The van der Waals surface area contributed by atoms with E-state index < -0.39 is 11.7 Å². The highest BCUT2D eigenvalue weighted by Gasteiger charge is 2.33. The zero-order chi connectivity index (χ0) is 18.9. The molecule has 0 amide bonds. The molecule has 0 saturated carbocycles. The lowest BCUT2D eigenvalue weighted by atomic mass is 9.96. The summed E-state index contributed by atoms with van der Waals surface area (Å²) in [7, 11) is 0. The third-order valence-corrected chi connectivity index (χ3v) is 2.67. The molecule has 0 aliphatic carbocycles. The molecule has 0 rings (SSSR count). The molecule has 0 aliphatic rings. The second-order valence-corrected chi connectivity index (χ2v) is 3.91. The van der Waals surface area contributed by atoms with Crippen LogP contribution in [0.2, 0.25) is 0 Å². The SMILES string of the molecule is CC.CC.CC.CC[C@@H](C)/C(C)=C\C(=C(\C)C=O)C(F)(F)F. The van der Waals surface area contributed by atoms with Gasteiger partial charge in [-0.15, -0.1) is 0 Å². The number of halogens is 3. The fourth-order valence-electron chi connectivity index (χ4n) is 1.17. The van der Waals surface area contributed by atoms with Gasteiger partial charge in [-0.1, -0.05) is 67.0 Å². The van der Waals surface area contributed by atoms with Gasteiger partial charge < -0.3 is 0 Å². The van der Waals surface area contributed by atoms with Crippen LogP contribution in [0.4, 0.5) is 13.2 Å². The van der Waals surface area contributed by atoms with Crippen LogP contribution in [0, 0.1) is 5.92 Å². The second-order valence-electron chi connectivity index (χ2n) is 3.91.